The van der Waals surface area contributed by atoms with Gasteiger partial charge in [0.25, 0.3) is 0 Å². The highest BCUT2D eigenvalue weighted by atomic mass is 16.3. The van der Waals surface area contributed by atoms with Crippen LogP contribution in [-0.2, 0) is 6.42 Å². The van der Waals surface area contributed by atoms with E-state index in [1.54, 1.807) is 0 Å². The van der Waals surface area contributed by atoms with Gasteiger partial charge < -0.3 is 9.73 Å². The maximum Gasteiger partial charge on any atom is 0.197 e. The number of rotatable bonds is 4. The Balaban J connectivity index is 1.78. The fourth-order valence-corrected chi connectivity index (χ4v) is 2.84. The zero-order valence-electron chi connectivity index (χ0n) is 11.2. The van der Waals surface area contributed by atoms with Crippen LogP contribution in [0, 0.1) is 11.3 Å². The second kappa shape index (κ2) is 4.09. The van der Waals surface area contributed by atoms with Crippen molar-refractivity contribution in [1.82, 2.24) is 10.3 Å². The van der Waals surface area contributed by atoms with Gasteiger partial charge in [-0.05, 0) is 36.9 Å². The molecular weight excluding hydrogens is 224 g/mol. The number of nitrogens with zero attached hydrogens (tertiary/aromatic N) is 1. The predicted molar refractivity (Wildman–Crippen MR) is 72.4 cm³/mol. The van der Waals surface area contributed by atoms with Gasteiger partial charge in [0.05, 0.1) is 0 Å². The van der Waals surface area contributed by atoms with E-state index >= 15 is 0 Å². The molecule has 2 atom stereocenters. The van der Waals surface area contributed by atoms with Crippen molar-refractivity contribution in [1.29, 1.82) is 0 Å². The van der Waals surface area contributed by atoms with Crippen LogP contribution in [0.3, 0.4) is 0 Å². The summed E-state index contributed by atoms with van der Waals surface area (Å²) in [5.74, 6) is 1.58. The molecule has 18 heavy (non-hydrogen) atoms. The minimum absolute atomic E-state index is 0.466. The first kappa shape index (κ1) is 11.7. The number of benzene rings is 1. The van der Waals surface area contributed by atoms with Gasteiger partial charge in [0.2, 0.25) is 0 Å². The second-order valence-corrected chi connectivity index (χ2v) is 5.97. The number of para-hydroxylation sites is 2. The van der Waals surface area contributed by atoms with Gasteiger partial charge in [-0.25, -0.2) is 4.98 Å². The molecule has 0 bridgehead atoms. The Kier molecular flexibility index (Phi) is 2.67. The summed E-state index contributed by atoms with van der Waals surface area (Å²) in [6.45, 7) is 4.65. The molecule has 1 fully saturated rings. The van der Waals surface area contributed by atoms with Gasteiger partial charge in [0, 0.05) is 12.5 Å². The Morgan fingerprint density at radius 2 is 2.17 bits per heavy atom. The van der Waals surface area contributed by atoms with E-state index in [1.165, 1.54) is 6.42 Å². The zero-order chi connectivity index (χ0) is 12.8. The van der Waals surface area contributed by atoms with Gasteiger partial charge in [0.15, 0.2) is 11.5 Å². The minimum Gasteiger partial charge on any atom is -0.441 e. The van der Waals surface area contributed by atoms with Crippen molar-refractivity contribution >= 4 is 11.1 Å². The first-order valence-electron chi connectivity index (χ1n) is 6.62. The Labute approximate surface area is 108 Å². The molecule has 1 heterocycles. The Morgan fingerprint density at radius 1 is 1.44 bits per heavy atom. The van der Waals surface area contributed by atoms with Crippen LogP contribution in [0.15, 0.2) is 28.7 Å². The fourth-order valence-electron chi connectivity index (χ4n) is 2.84. The van der Waals surface area contributed by atoms with E-state index in [9.17, 15) is 0 Å². The lowest BCUT2D eigenvalue weighted by atomic mass is 10.0. The van der Waals surface area contributed by atoms with Crippen molar-refractivity contribution in [2.75, 3.05) is 7.05 Å². The SMILES string of the molecule is CNC(Cc1nc2ccccc2o1)C1CC1(C)C. The van der Waals surface area contributed by atoms with Crippen LogP contribution < -0.4 is 5.32 Å². The number of nitrogens with one attached hydrogen (secondary N) is 1. The molecule has 2 unspecified atom stereocenters. The number of likely N-dealkylation sites (N-methyl/N-ethyl adjacent to an activating group) is 1. The van der Waals surface area contributed by atoms with E-state index < -0.39 is 0 Å². The van der Waals surface area contributed by atoms with Crippen molar-refractivity contribution in [3.63, 3.8) is 0 Å². The van der Waals surface area contributed by atoms with Gasteiger partial charge in [0.1, 0.15) is 5.52 Å². The van der Waals surface area contributed by atoms with Crippen LogP contribution in [0.5, 0.6) is 0 Å². The Morgan fingerprint density at radius 3 is 2.78 bits per heavy atom. The Hall–Kier alpha value is -1.35. The third kappa shape index (κ3) is 2.03. The van der Waals surface area contributed by atoms with E-state index in [2.05, 4.69) is 24.1 Å². The molecule has 0 radical (unpaired) electrons. The lowest BCUT2D eigenvalue weighted by Gasteiger charge is -2.15. The molecule has 1 aliphatic rings. The van der Waals surface area contributed by atoms with Crippen molar-refractivity contribution in [3.05, 3.63) is 30.2 Å². The molecule has 1 N–H and O–H groups in total. The smallest absolute Gasteiger partial charge is 0.197 e. The normalized spacial score (nSPS) is 23.2. The van der Waals surface area contributed by atoms with Crippen LogP contribution in [0.1, 0.15) is 26.2 Å². The number of hydrogen-bond acceptors (Lipinski definition) is 3. The first-order chi connectivity index (χ1) is 8.60. The maximum absolute atomic E-state index is 5.80. The predicted octanol–water partition coefficient (Wildman–Crippen LogP) is 3.00. The van der Waals surface area contributed by atoms with Crippen LogP contribution in [-0.4, -0.2) is 18.1 Å². The average Bonchev–Trinajstić information content (AvgIpc) is 2.82. The molecule has 1 saturated carbocycles. The molecule has 96 valence electrons. The van der Waals surface area contributed by atoms with E-state index in [-0.39, 0.29) is 0 Å². The summed E-state index contributed by atoms with van der Waals surface area (Å²) in [4.78, 5) is 4.55. The van der Waals surface area contributed by atoms with Crippen LogP contribution in [0.4, 0.5) is 0 Å². The summed E-state index contributed by atoms with van der Waals surface area (Å²) >= 11 is 0. The molecule has 1 aliphatic carbocycles. The highest BCUT2D eigenvalue weighted by Crippen LogP contribution is 2.53. The summed E-state index contributed by atoms with van der Waals surface area (Å²) in [6.07, 6.45) is 2.16. The average molecular weight is 244 g/mol. The number of aromatic nitrogens is 1. The van der Waals surface area contributed by atoms with Gasteiger partial charge in [-0.2, -0.15) is 0 Å². The Bertz CT molecular complexity index is 525. The molecule has 0 amide bonds. The van der Waals surface area contributed by atoms with Gasteiger partial charge in [-0.3, -0.25) is 0 Å². The summed E-state index contributed by atoms with van der Waals surface area (Å²) < 4.78 is 5.80. The van der Waals surface area contributed by atoms with Gasteiger partial charge in [-0.15, -0.1) is 0 Å². The van der Waals surface area contributed by atoms with Crippen molar-refractivity contribution in [3.8, 4) is 0 Å². The molecule has 0 aliphatic heterocycles. The van der Waals surface area contributed by atoms with Crippen molar-refractivity contribution in [2.24, 2.45) is 11.3 Å². The summed E-state index contributed by atoms with van der Waals surface area (Å²) in [6, 6.07) is 8.41. The maximum atomic E-state index is 5.80. The summed E-state index contributed by atoms with van der Waals surface area (Å²) in [7, 11) is 2.03. The van der Waals surface area contributed by atoms with Crippen molar-refractivity contribution in [2.45, 2.75) is 32.7 Å². The fraction of sp³-hybridized carbons (Fsp3) is 0.533. The van der Waals surface area contributed by atoms with E-state index in [0.29, 0.717) is 11.5 Å². The second-order valence-electron chi connectivity index (χ2n) is 5.97. The highest BCUT2D eigenvalue weighted by Gasteiger charge is 2.49. The van der Waals surface area contributed by atoms with E-state index in [1.807, 2.05) is 31.3 Å². The van der Waals surface area contributed by atoms with Gasteiger partial charge in [-0.1, -0.05) is 26.0 Å². The number of hydrogen-bond donors (Lipinski definition) is 1. The van der Waals surface area contributed by atoms with Crippen LogP contribution in [0.2, 0.25) is 0 Å². The third-order valence-electron chi connectivity index (χ3n) is 4.18. The van der Waals surface area contributed by atoms with Crippen LogP contribution in [0.25, 0.3) is 11.1 Å². The molecule has 1 aromatic heterocycles. The topological polar surface area (TPSA) is 38.1 Å². The lowest BCUT2D eigenvalue weighted by Crippen LogP contribution is -2.31. The van der Waals surface area contributed by atoms with E-state index in [4.69, 9.17) is 4.42 Å². The molecule has 2 aromatic rings. The van der Waals surface area contributed by atoms with Gasteiger partial charge >= 0.3 is 0 Å². The standard InChI is InChI=1S/C15H20N2O/c1-15(2)9-10(15)12(16-3)8-14-17-11-6-4-5-7-13(11)18-14/h4-7,10,12,16H,8-9H2,1-3H3. The number of fused-ring (bicyclic) bond motifs is 1. The largest absolute Gasteiger partial charge is 0.441 e. The molecular formula is C15H20N2O. The lowest BCUT2D eigenvalue weighted by molar-refractivity contribution is 0.392. The molecule has 0 spiro atoms. The van der Waals surface area contributed by atoms with E-state index in [0.717, 1.165) is 29.3 Å². The number of oxazole rings is 1. The third-order valence-corrected chi connectivity index (χ3v) is 4.18. The summed E-state index contributed by atoms with van der Waals surface area (Å²) in [5.41, 5.74) is 2.31. The monoisotopic (exact) mass is 244 g/mol. The highest BCUT2D eigenvalue weighted by molar-refractivity contribution is 5.72. The molecule has 3 heteroatoms. The quantitative estimate of drug-likeness (QED) is 0.898. The summed E-state index contributed by atoms with van der Waals surface area (Å²) in [5, 5.41) is 3.41. The minimum atomic E-state index is 0.466. The first-order valence-corrected chi connectivity index (χ1v) is 6.62. The zero-order valence-corrected chi connectivity index (χ0v) is 11.2. The molecule has 3 rings (SSSR count). The molecule has 1 aromatic carbocycles. The molecule has 0 saturated heterocycles. The van der Waals surface area contributed by atoms with Crippen molar-refractivity contribution < 1.29 is 4.42 Å². The van der Waals surface area contributed by atoms with Crippen LogP contribution >= 0.6 is 0 Å². The molecule has 3 nitrogen and oxygen atoms in total.